The number of carboxylic acid groups (broad SMARTS) is 1. The summed E-state index contributed by atoms with van der Waals surface area (Å²) < 4.78 is 5.63. The van der Waals surface area contributed by atoms with Gasteiger partial charge < -0.3 is 9.84 Å². The minimum atomic E-state index is -0.709. The number of benzene rings is 1. The zero-order valence-electron chi connectivity index (χ0n) is 9.03. The third-order valence-corrected chi connectivity index (χ3v) is 3.59. The van der Waals surface area contributed by atoms with Gasteiger partial charge in [-0.3, -0.25) is 4.79 Å². The Hall–Kier alpha value is -1.51. The number of hydrogen-bond donors (Lipinski definition) is 1. The van der Waals surface area contributed by atoms with Crippen LogP contribution in [0.5, 0.6) is 5.75 Å². The molecule has 1 aliphatic heterocycles. The van der Waals surface area contributed by atoms with Crippen molar-refractivity contribution in [3.05, 3.63) is 28.8 Å². The van der Waals surface area contributed by atoms with Crippen LogP contribution in [-0.4, -0.2) is 17.7 Å². The molecule has 0 bridgehead atoms. The maximum atomic E-state index is 11.2. The van der Waals surface area contributed by atoms with Gasteiger partial charge in [0.05, 0.1) is 12.5 Å². The smallest absolute Gasteiger partial charge is 0.310 e. The molecule has 0 radical (unpaired) electrons. The van der Waals surface area contributed by atoms with Crippen LogP contribution in [0.15, 0.2) is 12.1 Å². The van der Waals surface area contributed by atoms with E-state index >= 15 is 0 Å². The van der Waals surface area contributed by atoms with Crippen LogP contribution in [0.3, 0.4) is 0 Å². The second kappa shape index (κ2) is 3.51. The maximum Gasteiger partial charge on any atom is 0.310 e. The molecule has 0 saturated carbocycles. The van der Waals surface area contributed by atoms with E-state index in [9.17, 15) is 9.90 Å². The first-order valence-electron chi connectivity index (χ1n) is 5.77. The molecule has 0 fully saturated rings. The van der Waals surface area contributed by atoms with Gasteiger partial charge in [0.1, 0.15) is 5.75 Å². The average Bonchev–Trinajstić information content (AvgIpc) is 2.76. The third kappa shape index (κ3) is 1.31. The molecule has 1 heterocycles. The Labute approximate surface area is 94.0 Å². The summed E-state index contributed by atoms with van der Waals surface area (Å²) in [4.78, 5) is 11.2. The fraction of sp³-hybridized carbons (Fsp3) is 0.462. The van der Waals surface area contributed by atoms with E-state index in [0.29, 0.717) is 0 Å². The molecule has 1 aromatic carbocycles. The fourth-order valence-corrected chi connectivity index (χ4v) is 2.81. The lowest BCUT2D eigenvalue weighted by Crippen LogP contribution is -2.18. The van der Waals surface area contributed by atoms with Crippen molar-refractivity contribution in [3.63, 3.8) is 0 Å². The monoisotopic (exact) mass is 218 g/mol. The molecule has 3 nitrogen and oxygen atoms in total. The van der Waals surface area contributed by atoms with E-state index in [4.69, 9.17) is 4.74 Å². The quantitative estimate of drug-likeness (QED) is 0.785. The molecule has 0 saturated heterocycles. The largest absolute Gasteiger partial charge is 0.493 e. The zero-order chi connectivity index (χ0) is 11.1. The molecular weight excluding hydrogens is 204 g/mol. The second-order valence-corrected chi connectivity index (χ2v) is 4.50. The lowest BCUT2D eigenvalue weighted by atomic mass is 9.81. The number of hydrogen-bond acceptors (Lipinski definition) is 2. The van der Waals surface area contributed by atoms with Gasteiger partial charge in [-0.2, -0.15) is 0 Å². The van der Waals surface area contributed by atoms with Crippen LogP contribution in [0.25, 0.3) is 0 Å². The Morgan fingerprint density at radius 3 is 3.06 bits per heavy atom. The molecule has 1 aliphatic carbocycles. The number of carboxylic acids is 1. The summed E-state index contributed by atoms with van der Waals surface area (Å²) in [5, 5.41) is 9.19. The van der Waals surface area contributed by atoms with E-state index in [-0.39, 0.29) is 5.92 Å². The summed E-state index contributed by atoms with van der Waals surface area (Å²) in [7, 11) is 0. The number of fused-ring (bicyclic) bond motifs is 3. The Morgan fingerprint density at radius 2 is 2.25 bits per heavy atom. The molecule has 0 spiro atoms. The molecule has 1 N–H and O–H groups in total. The highest BCUT2D eigenvalue weighted by Gasteiger charge is 2.30. The van der Waals surface area contributed by atoms with Crippen LogP contribution in [0, 0.1) is 0 Å². The topological polar surface area (TPSA) is 46.5 Å². The SMILES string of the molecule is O=C(O)C1CCCc2c1ccc1c2OCC1. The van der Waals surface area contributed by atoms with E-state index in [1.807, 2.05) is 12.1 Å². The van der Waals surface area contributed by atoms with E-state index in [1.165, 1.54) is 5.56 Å². The third-order valence-electron chi connectivity index (χ3n) is 3.59. The van der Waals surface area contributed by atoms with Gasteiger partial charge in [0.15, 0.2) is 0 Å². The van der Waals surface area contributed by atoms with E-state index in [0.717, 1.165) is 49.2 Å². The van der Waals surface area contributed by atoms with Crippen molar-refractivity contribution in [2.24, 2.45) is 0 Å². The van der Waals surface area contributed by atoms with Crippen LogP contribution in [-0.2, 0) is 17.6 Å². The van der Waals surface area contributed by atoms with Gasteiger partial charge in [0, 0.05) is 6.42 Å². The molecule has 1 atom stereocenters. The first-order valence-corrected chi connectivity index (χ1v) is 5.77. The summed E-state index contributed by atoms with van der Waals surface area (Å²) in [6.45, 7) is 0.740. The number of aliphatic carboxylic acids is 1. The lowest BCUT2D eigenvalue weighted by molar-refractivity contribution is -0.139. The number of rotatable bonds is 1. The molecule has 1 unspecified atom stereocenters. The zero-order valence-corrected chi connectivity index (χ0v) is 9.03. The second-order valence-electron chi connectivity index (χ2n) is 4.50. The van der Waals surface area contributed by atoms with E-state index < -0.39 is 5.97 Å². The highest BCUT2D eigenvalue weighted by atomic mass is 16.5. The summed E-state index contributed by atoms with van der Waals surface area (Å²) >= 11 is 0. The predicted molar refractivity (Wildman–Crippen MR) is 59.0 cm³/mol. The Kier molecular flexibility index (Phi) is 2.13. The van der Waals surface area contributed by atoms with Gasteiger partial charge in [0.25, 0.3) is 0 Å². The first-order chi connectivity index (χ1) is 7.77. The van der Waals surface area contributed by atoms with Crippen molar-refractivity contribution in [1.29, 1.82) is 0 Å². The van der Waals surface area contributed by atoms with Gasteiger partial charge in [0.2, 0.25) is 0 Å². The minimum absolute atomic E-state index is 0.335. The van der Waals surface area contributed by atoms with Gasteiger partial charge in [-0.05, 0) is 36.0 Å². The normalized spacial score (nSPS) is 22.1. The Morgan fingerprint density at radius 1 is 1.38 bits per heavy atom. The Balaban J connectivity index is 2.13. The van der Waals surface area contributed by atoms with Crippen molar-refractivity contribution in [2.45, 2.75) is 31.6 Å². The van der Waals surface area contributed by atoms with Gasteiger partial charge >= 0.3 is 5.97 Å². The lowest BCUT2D eigenvalue weighted by Gasteiger charge is -2.23. The van der Waals surface area contributed by atoms with Crippen LogP contribution < -0.4 is 4.74 Å². The van der Waals surface area contributed by atoms with Crippen molar-refractivity contribution >= 4 is 5.97 Å². The molecular formula is C13H14O3. The number of ether oxygens (including phenoxy) is 1. The molecule has 0 amide bonds. The highest BCUT2D eigenvalue weighted by Crippen LogP contribution is 2.40. The summed E-state index contributed by atoms with van der Waals surface area (Å²) in [5.41, 5.74) is 3.36. The molecule has 84 valence electrons. The highest BCUT2D eigenvalue weighted by molar-refractivity contribution is 5.77. The standard InChI is InChI=1S/C13H14O3/c14-13(15)11-3-1-2-10-9(11)5-4-8-6-7-16-12(8)10/h4-5,11H,1-3,6-7H2,(H,14,15). The minimum Gasteiger partial charge on any atom is -0.493 e. The predicted octanol–water partition coefficient (Wildman–Crippen LogP) is 2.13. The van der Waals surface area contributed by atoms with Crippen molar-refractivity contribution in [3.8, 4) is 5.75 Å². The summed E-state index contributed by atoms with van der Waals surface area (Å²) in [6.07, 6.45) is 3.62. The first kappa shape index (κ1) is 9.70. The van der Waals surface area contributed by atoms with Crippen LogP contribution in [0.2, 0.25) is 0 Å². The molecule has 0 aromatic heterocycles. The van der Waals surface area contributed by atoms with Crippen molar-refractivity contribution in [1.82, 2.24) is 0 Å². The molecule has 1 aromatic rings. The van der Waals surface area contributed by atoms with E-state index in [1.54, 1.807) is 0 Å². The molecule has 3 rings (SSSR count). The molecule has 2 aliphatic rings. The van der Waals surface area contributed by atoms with Gasteiger partial charge in [-0.1, -0.05) is 12.1 Å². The maximum absolute atomic E-state index is 11.2. The van der Waals surface area contributed by atoms with Crippen LogP contribution in [0.4, 0.5) is 0 Å². The summed E-state index contributed by atoms with van der Waals surface area (Å²) in [5.74, 6) is -0.0689. The Bertz CT molecular complexity index is 451. The fourth-order valence-electron chi connectivity index (χ4n) is 2.81. The van der Waals surface area contributed by atoms with E-state index in [2.05, 4.69) is 0 Å². The van der Waals surface area contributed by atoms with Gasteiger partial charge in [-0.25, -0.2) is 0 Å². The summed E-state index contributed by atoms with van der Waals surface area (Å²) in [6, 6.07) is 4.02. The average molecular weight is 218 g/mol. The number of carbonyl (C=O) groups is 1. The molecule has 3 heteroatoms. The van der Waals surface area contributed by atoms with Crippen LogP contribution in [0.1, 0.15) is 35.4 Å². The van der Waals surface area contributed by atoms with Crippen molar-refractivity contribution in [2.75, 3.05) is 6.61 Å². The van der Waals surface area contributed by atoms with Crippen molar-refractivity contribution < 1.29 is 14.6 Å². The van der Waals surface area contributed by atoms with Crippen LogP contribution >= 0.6 is 0 Å². The molecule has 16 heavy (non-hydrogen) atoms. The van der Waals surface area contributed by atoms with Gasteiger partial charge in [-0.15, -0.1) is 0 Å².